The lowest BCUT2D eigenvalue weighted by Crippen LogP contribution is -1.97. The number of rotatable bonds is 4. The Hall–Kier alpha value is -1.91. The molecule has 1 aromatic heterocycles. The van der Waals surface area contributed by atoms with Crippen LogP contribution < -0.4 is 9.47 Å². The first-order valence-corrected chi connectivity index (χ1v) is 7.54. The van der Waals surface area contributed by atoms with Crippen LogP contribution in [-0.2, 0) is 0 Å². The minimum Gasteiger partial charge on any atom is -0.492 e. The highest BCUT2D eigenvalue weighted by Crippen LogP contribution is 2.38. The molecule has 6 heteroatoms. The molecule has 0 saturated carbocycles. The minimum absolute atomic E-state index is 0.474. The predicted octanol–water partition coefficient (Wildman–Crippen LogP) is 4.94. The highest BCUT2D eigenvalue weighted by atomic mass is 35.5. The maximum absolute atomic E-state index is 6.04. The molecule has 2 aromatic carbocycles. The standard InChI is InChI=1S/C16H14Cl2N2O2/c1-3-22-14-6-4-5-9(15(14)21-2)16-19-12-7-10(17)11(18)8-13(12)20-16/h4-8H,3H2,1-2H3,(H,19,20). The Morgan fingerprint density at radius 2 is 1.95 bits per heavy atom. The summed E-state index contributed by atoms with van der Waals surface area (Å²) in [5.41, 5.74) is 2.37. The molecule has 114 valence electrons. The lowest BCUT2D eigenvalue weighted by molar-refractivity contribution is 0.311. The van der Waals surface area contributed by atoms with E-state index in [-0.39, 0.29) is 0 Å². The number of H-pyrrole nitrogens is 1. The van der Waals surface area contributed by atoms with E-state index in [9.17, 15) is 0 Å². The molecule has 0 radical (unpaired) electrons. The molecule has 0 spiro atoms. The number of imidazole rings is 1. The number of hydrogen-bond acceptors (Lipinski definition) is 3. The molecule has 0 amide bonds. The van der Waals surface area contributed by atoms with Gasteiger partial charge in [-0.2, -0.15) is 0 Å². The summed E-state index contributed by atoms with van der Waals surface area (Å²) in [5.74, 6) is 1.99. The summed E-state index contributed by atoms with van der Waals surface area (Å²) in [6, 6.07) is 9.17. The van der Waals surface area contributed by atoms with Crippen molar-refractivity contribution in [3.63, 3.8) is 0 Å². The molecule has 3 aromatic rings. The van der Waals surface area contributed by atoms with Gasteiger partial charge in [0.05, 0.1) is 40.4 Å². The predicted molar refractivity (Wildman–Crippen MR) is 89.3 cm³/mol. The summed E-state index contributed by atoms with van der Waals surface area (Å²) in [6.45, 7) is 2.49. The number of para-hydroxylation sites is 1. The summed E-state index contributed by atoms with van der Waals surface area (Å²) in [4.78, 5) is 7.79. The molecule has 1 N–H and O–H groups in total. The van der Waals surface area contributed by atoms with Crippen molar-refractivity contribution in [1.82, 2.24) is 9.97 Å². The number of nitrogens with one attached hydrogen (secondary N) is 1. The van der Waals surface area contributed by atoms with Gasteiger partial charge in [0.1, 0.15) is 5.82 Å². The maximum atomic E-state index is 6.04. The van der Waals surface area contributed by atoms with Gasteiger partial charge >= 0.3 is 0 Å². The van der Waals surface area contributed by atoms with Gasteiger partial charge < -0.3 is 14.5 Å². The van der Waals surface area contributed by atoms with Crippen LogP contribution in [0.3, 0.4) is 0 Å². The van der Waals surface area contributed by atoms with Gasteiger partial charge in [-0.3, -0.25) is 0 Å². The van der Waals surface area contributed by atoms with Crippen molar-refractivity contribution >= 4 is 34.2 Å². The molecule has 4 nitrogen and oxygen atoms in total. The monoisotopic (exact) mass is 336 g/mol. The van der Waals surface area contributed by atoms with Crippen molar-refractivity contribution in [2.24, 2.45) is 0 Å². The van der Waals surface area contributed by atoms with E-state index in [0.29, 0.717) is 34.0 Å². The molecular formula is C16H14Cl2N2O2. The number of ether oxygens (including phenoxy) is 2. The second kappa shape index (κ2) is 6.07. The number of fused-ring (bicyclic) bond motifs is 1. The second-order valence-electron chi connectivity index (χ2n) is 4.64. The lowest BCUT2D eigenvalue weighted by Gasteiger charge is -2.12. The van der Waals surface area contributed by atoms with Gasteiger partial charge in [0.15, 0.2) is 11.5 Å². The van der Waals surface area contributed by atoms with Crippen LogP contribution in [0.1, 0.15) is 6.92 Å². The number of hydrogen-bond donors (Lipinski definition) is 1. The average Bonchev–Trinajstić information content (AvgIpc) is 2.90. The molecular weight excluding hydrogens is 323 g/mol. The summed E-state index contributed by atoms with van der Waals surface area (Å²) in [6.07, 6.45) is 0. The smallest absolute Gasteiger partial charge is 0.171 e. The van der Waals surface area contributed by atoms with Crippen molar-refractivity contribution in [1.29, 1.82) is 0 Å². The third kappa shape index (κ3) is 2.60. The number of aromatic amines is 1. The van der Waals surface area contributed by atoms with Gasteiger partial charge in [-0.05, 0) is 31.2 Å². The van der Waals surface area contributed by atoms with Gasteiger partial charge in [-0.1, -0.05) is 29.3 Å². The molecule has 22 heavy (non-hydrogen) atoms. The highest BCUT2D eigenvalue weighted by Gasteiger charge is 2.15. The lowest BCUT2D eigenvalue weighted by atomic mass is 10.1. The Morgan fingerprint density at radius 1 is 1.18 bits per heavy atom. The van der Waals surface area contributed by atoms with E-state index in [1.807, 2.05) is 25.1 Å². The Labute approximate surface area is 138 Å². The summed E-state index contributed by atoms with van der Waals surface area (Å²) < 4.78 is 11.1. The number of methoxy groups -OCH3 is 1. The highest BCUT2D eigenvalue weighted by molar-refractivity contribution is 6.42. The number of halogens is 2. The van der Waals surface area contributed by atoms with Crippen LogP contribution in [0, 0.1) is 0 Å². The molecule has 0 saturated heterocycles. The van der Waals surface area contributed by atoms with Crippen LogP contribution in [0.25, 0.3) is 22.4 Å². The van der Waals surface area contributed by atoms with Crippen molar-refractivity contribution in [3.8, 4) is 22.9 Å². The first-order valence-electron chi connectivity index (χ1n) is 6.79. The zero-order valence-electron chi connectivity index (χ0n) is 12.1. The van der Waals surface area contributed by atoms with Crippen LogP contribution >= 0.6 is 23.2 Å². The molecule has 3 rings (SSSR count). The molecule has 1 heterocycles. The third-order valence-electron chi connectivity index (χ3n) is 3.26. The molecule has 0 bridgehead atoms. The molecule has 0 fully saturated rings. The van der Waals surface area contributed by atoms with E-state index in [1.165, 1.54) is 0 Å². The topological polar surface area (TPSA) is 47.1 Å². The minimum atomic E-state index is 0.474. The Balaban J connectivity index is 2.16. The normalized spacial score (nSPS) is 10.9. The first-order chi connectivity index (χ1) is 10.6. The fourth-order valence-electron chi connectivity index (χ4n) is 2.31. The Kier molecular flexibility index (Phi) is 4.14. The molecule has 0 atom stereocenters. The number of nitrogens with zero attached hydrogens (tertiary/aromatic N) is 1. The maximum Gasteiger partial charge on any atom is 0.171 e. The summed E-state index contributed by atoms with van der Waals surface area (Å²) >= 11 is 12.1. The van der Waals surface area contributed by atoms with Crippen molar-refractivity contribution in [2.75, 3.05) is 13.7 Å². The van der Waals surface area contributed by atoms with Crippen molar-refractivity contribution < 1.29 is 9.47 Å². The Bertz CT molecular complexity index is 791. The SMILES string of the molecule is CCOc1cccc(-c2nc3cc(Cl)c(Cl)cc3[nH]2)c1OC. The van der Waals surface area contributed by atoms with E-state index < -0.39 is 0 Å². The number of aromatic nitrogens is 2. The van der Waals surface area contributed by atoms with Crippen LogP contribution in [0.4, 0.5) is 0 Å². The van der Waals surface area contributed by atoms with E-state index in [4.69, 9.17) is 32.7 Å². The largest absolute Gasteiger partial charge is 0.492 e. The Morgan fingerprint density at radius 3 is 2.68 bits per heavy atom. The fraction of sp³-hybridized carbons (Fsp3) is 0.188. The van der Waals surface area contributed by atoms with E-state index in [1.54, 1.807) is 19.2 Å². The molecule has 0 aliphatic heterocycles. The zero-order valence-corrected chi connectivity index (χ0v) is 13.6. The average molecular weight is 337 g/mol. The van der Waals surface area contributed by atoms with E-state index in [2.05, 4.69) is 9.97 Å². The zero-order chi connectivity index (χ0) is 15.7. The molecule has 0 aliphatic carbocycles. The van der Waals surface area contributed by atoms with Gasteiger partial charge in [-0.15, -0.1) is 0 Å². The van der Waals surface area contributed by atoms with Gasteiger partial charge in [0, 0.05) is 0 Å². The second-order valence-corrected chi connectivity index (χ2v) is 5.45. The van der Waals surface area contributed by atoms with E-state index in [0.717, 1.165) is 16.6 Å². The molecule has 0 unspecified atom stereocenters. The quantitative estimate of drug-likeness (QED) is 0.733. The van der Waals surface area contributed by atoms with Crippen LogP contribution in [0.5, 0.6) is 11.5 Å². The van der Waals surface area contributed by atoms with Crippen molar-refractivity contribution in [3.05, 3.63) is 40.4 Å². The summed E-state index contributed by atoms with van der Waals surface area (Å²) in [5, 5.41) is 0.960. The van der Waals surface area contributed by atoms with Crippen LogP contribution in [-0.4, -0.2) is 23.7 Å². The van der Waals surface area contributed by atoms with Gasteiger partial charge in [0.25, 0.3) is 0 Å². The van der Waals surface area contributed by atoms with Crippen LogP contribution in [0.2, 0.25) is 10.0 Å². The van der Waals surface area contributed by atoms with Gasteiger partial charge in [0.2, 0.25) is 0 Å². The van der Waals surface area contributed by atoms with Gasteiger partial charge in [-0.25, -0.2) is 4.98 Å². The fourth-order valence-corrected chi connectivity index (χ4v) is 2.64. The number of benzene rings is 2. The van der Waals surface area contributed by atoms with E-state index >= 15 is 0 Å². The van der Waals surface area contributed by atoms with Crippen molar-refractivity contribution in [2.45, 2.75) is 6.92 Å². The van der Waals surface area contributed by atoms with Crippen LogP contribution in [0.15, 0.2) is 30.3 Å². The third-order valence-corrected chi connectivity index (χ3v) is 3.98. The first kappa shape index (κ1) is 15.0. The molecule has 0 aliphatic rings. The summed E-state index contributed by atoms with van der Waals surface area (Å²) in [7, 11) is 1.61.